The topological polar surface area (TPSA) is 128 Å². The maximum Gasteiger partial charge on any atom is 0.407 e. The molecule has 0 aromatic carbocycles. The van der Waals surface area contributed by atoms with Gasteiger partial charge in [0.1, 0.15) is 5.75 Å². The highest BCUT2D eigenvalue weighted by molar-refractivity contribution is 7.54. The summed E-state index contributed by atoms with van der Waals surface area (Å²) in [6, 6.07) is 0. The second-order valence-electron chi connectivity index (χ2n) is 3.66. The van der Waals surface area contributed by atoms with Crippen molar-refractivity contribution in [1.29, 1.82) is 0 Å². The molecule has 0 saturated heterocycles. The lowest BCUT2D eigenvalue weighted by Crippen LogP contribution is -2.29. The van der Waals surface area contributed by atoms with E-state index in [2.05, 4.69) is 4.98 Å². The van der Waals surface area contributed by atoms with Crippen LogP contribution in [0.15, 0.2) is 6.20 Å². The van der Waals surface area contributed by atoms with Crippen LogP contribution < -0.4 is 0 Å². The predicted octanol–water partition coefficient (Wildman–Crippen LogP) is 0.541. The molecule has 0 amide bonds. The molecule has 7 nitrogen and oxygen atoms in total. The zero-order valence-electron chi connectivity index (χ0n) is 9.54. The van der Waals surface area contributed by atoms with Gasteiger partial charge in [-0.15, -0.1) is 0 Å². The van der Waals surface area contributed by atoms with E-state index in [1.807, 2.05) is 0 Å². The Kier molecular flexibility index (Phi) is 4.06. The highest BCUT2D eigenvalue weighted by Crippen LogP contribution is 2.54. The number of carbonyl (C=O) groups excluding carboxylic acids is 1. The molecule has 0 aliphatic rings. The van der Waals surface area contributed by atoms with Gasteiger partial charge in [0.15, 0.2) is 0 Å². The third kappa shape index (κ3) is 2.64. The first-order chi connectivity index (χ1) is 8.54. The molecule has 1 aromatic rings. The van der Waals surface area contributed by atoms with Gasteiger partial charge in [-0.1, -0.05) is 0 Å². The molecule has 0 fully saturated rings. The predicted molar refractivity (Wildman–Crippen MR) is 57.9 cm³/mol. The van der Waals surface area contributed by atoms with E-state index in [1.165, 1.54) is 6.92 Å². The van der Waals surface area contributed by atoms with Gasteiger partial charge in [0, 0.05) is 11.8 Å². The Morgan fingerprint density at radius 3 is 2.42 bits per heavy atom. The van der Waals surface area contributed by atoms with E-state index in [4.69, 9.17) is 14.9 Å². The van der Waals surface area contributed by atoms with Crippen molar-refractivity contribution in [3.8, 4) is 5.75 Å². The minimum Gasteiger partial charge on any atom is -0.506 e. The summed E-state index contributed by atoms with van der Waals surface area (Å²) in [6.45, 7) is 0.331. The first kappa shape index (κ1) is 15.6. The van der Waals surface area contributed by atoms with Gasteiger partial charge in [0.05, 0.1) is 17.9 Å². The number of aromatic nitrogens is 1. The molecule has 0 saturated carbocycles. The summed E-state index contributed by atoms with van der Waals surface area (Å²) in [5, 5.41) is 18.4. The first-order valence-corrected chi connectivity index (χ1v) is 6.41. The van der Waals surface area contributed by atoms with Crippen LogP contribution in [0.4, 0.5) is 8.78 Å². The molecule has 0 aliphatic carbocycles. The number of hydrogen-bond donors (Lipinski definition) is 4. The van der Waals surface area contributed by atoms with Gasteiger partial charge in [0.25, 0.3) is 0 Å². The molecule has 0 unspecified atom stereocenters. The fourth-order valence-corrected chi connectivity index (χ4v) is 1.68. The quantitative estimate of drug-likeness (QED) is 0.471. The smallest absolute Gasteiger partial charge is 0.407 e. The number of nitrogens with zero attached hydrogens (tertiary/aromatic N) is 1. The Balaban J connectivity index is 3.44. The summed E-state index contributed by atoms with van der Waals surface area (Å²) in [7, 11) is -6.02. The molecule has 0 bridgehead atoms. The molecule has 0 aliphatic heterocycles. The SMILES string of the molecule is Cc1ncc(C(=O)C(F)(F)P(=O)(O)O)c(CO)c1O. The van der Waals surface area contributed by atoms with Crippen LogP contribution in [-0.4, -0.2) is 36.4 Å². The van der Waals surface area contributed by atoms with Crippen molar-refractivity contribution in [3.63, 3.8) is 0 Å². The van der Waals surface area contributed by atoms with E-state index in [1.54, 1.807) is 0 Å². The monoisotopic (exact) mass is 297 g/mol. The fourth-order valence-electron chi connectivity index (χ4n) is 1.30. The van der Waals surface area contributed by atoms with Gasteiger partial charge >= 0.3 is 13.3 Å². The molecule has 4 N–H and O–H groups in total. The summed E-state index contributed by atoms with van der Waals surface area (Å²) in [5.41, 5.74) is -6.50. The summed E-state index contributed by atoms with van der Waals surface area (Å²) >= 11 is 0. The van der Waals surface area contributed by atoms with E-state index < -0.39 is 42.5 Å². The molecular formula is C9H10F2NO6P. The van der Waals surface area contributed by atoms with Crippen molar-refractivity contribution in [2.75, 3.05) is 0 Å². The molecule has 1 aromatic heterocycles. The van der Waals surface area contributed by atoms with Crippen LogP contribution in [-0.2, 0) is 11.2 Å². The number of carbonyl (C=O) groups is 1. The Labute approximate surface area is 105 Å². The molecule has 0 spiro atoms. The number of aryl methyl sites for hydroxylation is 1. The number of hydrogen-bond acceptors (Lipinski definition) is 5. The molecule has 106 valence electrons. The van der Waals surface area contributed by atoms with Crippen molar-refractivity contribution in [2.45, 2.75) is 19.2 Å². The molecule has 0 radical (unpaired) electrons. The molecular weight excluding hydrogens is 287 g/mol. The van der Waals surface area contributed by atoms with Gasteiger partial charge in [-0.2, -0.15) is 8.78 Å². The van der Waals surface area contributed by atoms with Gasteiger partial charge in [-0.05, 0) is 6.92 Å². The van der Waals surface area contributed by atoms with E-state index in [-0.39, 0.29) is 5.69 Å². The number of aliphatic hydroxyl groups excluding tert-OH is 1. The number of halogens is 2. The van der Waals surface area contributed by atoms with E-state index >= 15 is 0 Å². The molecule has 19 heavy (non-hydrogen) atoms. The van der Waals surface area contributed by atoms with Crippen LogP contribution in [0.1, 0.15) is 21.6 Å². The molecule has 1 rings (SSSR count). The maximum absolute atomic E-state index is 13.3. The zero-order valence-corrected chi connectivity index (χ0v) is 10.4. The van der Waals surface area contributed by atoms with Crippen LogP contribution >= 0.6 is 7.60 Å². The number of alkyl halides is 2. The Hall–Kier alpha value is -1.41. The van der Waals surface area contributed by atoms with Gasteiger partial charge in [-0.3, -0.25) is 14.3 Å². The average Bonchev–Trinajstić information content (AvgIpc) is 2.30. The van der Waals surface area contributed by atoms with Crippen LogP contribution in [0.3, 0.4) is 0 Å². The summed E-state index contributed by atoms with van der Waals surface area (Å²) in [4.78, 5) is 31.8. The Bertz CT molecular complexity index is 570. The number of rotatable bonds is 4. The van der Waals surface area contributed by atoms with Crippen molar-refractivity contribution in [1.82, 2.24) is 4.98 Å². The lowest BCUT2D eigenvalue weighted by Gasteiger charge is -2.18. The van der Waals surface area contributed by atoms with Crippen molar-refractivity contribution in [2.24, 2.45) is 0 Å². The fraction of sp³-hybridized carbons (Fsp3) is 0.333. The van der Waals surface area contributed by atoms with Crippen LogP contribution in [0.5, 0.6) is 5.75 Å². The van der Waals surface area contributed by atoms with Crippen LogP contribution in [0.25, 0.3) is 0 Å². The number of aliphatic hydroxyl groups is 1. The van der Waals surface area contributed by atoms with Gasteiger partial charge < -0.3 is 20.0 Å². The number of aromatic hydroxyl groups is 1. The number of pyridine rings is 1. The van der Waals surface area contributed by atoms with Gasteiger partial charge in [-0.25, -0.2) is 0 Å². The second kappa shape index (κ2) is 4.93. The largest absolute Gasteiger partial charge is 0.506 e. The highest BCUT2D eigenvalue weighted by Gasteiger charge is 2.56. The maximum atomic E-state index is 13.3. The third-order valence-corrected chi connectivity index (χ3v) is 3.32. The van der Waals surface area contributed by atoms with Crippen LogP contribution in [0, 0.1) is 6.92 Å². The number of ketones is 1. The summed E-state index contributed by atoms with van der Waals surface area (Å²) < 4.78 is 37.1. The molecule has 1 heterocycles. The molecule has 10 heteroatoms. The number of Topliss-reactive ketones (excluding diaryl/α,β-unsaturated/α-hetero) is 1. The highest BCUT2D eigenvalue weighted by atomic mass is 31.2. The normalized spacial score (nSPS) is 12.5. The molecule has 0 atom stereocenters. The zero-order chi connectivity index (χ0) is 15.0. The van der Waals surface area contributed by atoms with Crippen molar-refractivity contribution < 1.29 is 38.1 Å². The standard InChI is InChI=1S/C9H10F2NO6P/c1-4-7(14)6(3-13)5(2-12-4)8(15)9(10,11)19(16,17)18/h2,13-14H,3H2,1H3,(H2,16,17,18). The third-order valence-electron chi connectivity index (χ3n) is 2.38. The Morgan fingerprint density at radius 2 is 2.00 bits per heavy atom. The van der Waals surface area contributed by atoms with Crippen molar-refractivity contribution >= 4 is 13.4 Å². The Morgan fingerprint density at radius 1 is 1.47 bits per heavy atom. The summed E-state index contributed by atoms with van der Waals surface area (Å²) in [5.74, 6) is -2.90. The minimum atomic E-state index is -6.02. The average molecular weight is 297 g/mol. The summed E-state index contributed by atoms with van der Waals surface area (Å²) in [6.07, 6.45) is 0.618. The second-order valence-corrected chi connectivity index (χ2v) is 5.31. The lowest BCUT2D eigenvalue weighted by molar-refractivity contribution is 0.0408. The van der Waals surface area contributed by atoms with E-state index in [0.717, 1.165) is 0 Å². The lowest BCUT2D eigenvalue weighted by atomic mass is 10.0. The minimum absolute atomic E-state index is 0.0277. The van der Waals surface area contributed by atoms with E-state index in [0.29, 0.717) is 6.20 Å². The first-order valence-electron chi connectivity index (χ1n) is 4.80. The van der Waals surface area contributed by atoms with Gasteiger partial charge in [0.2, 0.25) is 5.78 Å². The van der Waals surface area contributed by atoms with E-state index in [9.17, 15) is 23.2 Å². The van der Waals surface area contributed by atoms with Crippen LogP contribution in [0.2, 0.25) is 0 Å². The van der Waals surface area contributed by atoms with Crippen molar-refractivity contribution in [3.05, 3.63) is 23.0 Å².